The number of halogens is 1. The number of ether oxygens (including phenoxy) is 1. The van der Waals surface area contributed by atoms with Gasteiger partial charge in [0.25, 0.3) is 5.91 Å². The van der Waals surface area contributed by atoms with Crippen molar-refractivity contribution in [1.29, 1.82) is 0 Å². The van der Waals surface area contributed by atoms with E-state index in [0.29, 0.717) is 36.7 Å². The SMILES string of the molecule is Cc1cc(Cl)ccc1OCC(=O)N1CCC(C(=O)c2ccccc2)CC1. The first kappa shape index (κ1) is 18.5. The third-order valence-electron chi connectivity index (χ3n) is 4.76. The maximum Gasteiger partial charge on any atom is 0.260 e. The minimum Gasteiger partial charge on any atom is -0.483 e. The lowest BCUT2D eigenvalue weighted by Crippen LogP contribution is -2.42. The van der Waals surface area contributed by atoms with Crippen LogP contribution in [0.5, 0.6) is 5.75 Å². The van der Waals surface area contributed by atoms with Crippen LogP contribution in [0.3, 0.4) is 0 Å². The van der Waals surface area contributed by atoms with E-state index in [4.69, 9.17) is 16.3 Å². The second-order valence-corrected chi connectivity index (χ2v) is 7.02. The van der Waals surface area contributed by atoms with Gasteiger partial charge in [-0.1, -0.05) is 41.9 Å². The molecule has 0 radical (unpaired) electrons. The number of rotatable bonds is 5. The van der Waals surface area contributed by atoms with Gasteiger partial charge in [0.2, 0.25) is 0 Å². The quantitative estimate of drug-likeness (QED) is 0.742. The monoisotopic (exact) mass is 371 g/mol. The molecule has 0 bridgehead atoms. The molecule has 0 atom stereocenters. The molecule has 0 aromatic heterocycles. The van der Waals surface area contributed by atoms with E-state index in [1.54, 1.807) is 17.0 Å². The van der Waals surface area contributed by atoms with E-state index in [-0.39, 0.29) is 24.2 Å². The zero-order valence-electron chi connectivity index (χ0n) is 14.8. The van der Waals surface area contributed by atoms with Gasteiger partial charge in [0.1, 0.15) is 5.75 Å². The summed E-state index contributed by atoms with van der Waals surface area (Å²) in [6.45, 7) is 3.07. The standard InChI is InChI=1S/C21H22ClNO3/c1-15-13-18(22)7-8-19(15)26-14-20(24)23-11-9-17(10-12-23)21(25)16-5-3-2-4-6-16/h2-8,13,17H,9-12,14H2,1H3. The largest absolute Gasteiger partial charge is 0.483 e. The van der Waals surface area contributed by atoms with Crippen LogP contribution in [0.1, 0.15) is 28.8 Å². The summed E-state index contributed by atoms with van der Waals surface area (Å²) in [4.78, 5) is 26.7. The molecular formula is C21H22ClNO3. The summed E-state index contributed by atoms with van der Waals surface area (Å²) in [5, 5.41) is 0.645. The average Bonchev–Trinajstić information content (AvgIpc) is 2.67. The van der Waals surface area contributed by atoms with Crippen molar-refractivity contribution >= 4 is 23.3 Å². The normalized spacial score (nSPS) is 14.9. The average molecular weight is 372 g/mol. The van der Waals surface area contributed by atoms with Gasteiger partial charge < -0.3 is 9.64 Å². The van der Waals surface area contributed by atoms with Crippen molar-refractivity contribution in [2.45, 2.75) is 19.8 Å². The molecule has 2 aromatic rings. The van der Waals surface area contributed by atoms with E-state index in [0.717, 1.165) is 11.1 Å². The van der Waals surface area contributed by atoms with Gasteiger partial charge in [-0.25, -0.2) is 0 Å². The lowest BCUT2D eigenvalue weighted by Gasteiger charge is -2.31. The number of aryl methyl sites for hydroxylation is 1. The first-order chi connectivity index (χ1) is 12.5. The van der Waals surface area contributed by atoms with Gasteiger partial charge in [0, 0.05) is 29.6 Å². The zero-order valence-corrected chi connectivity index (χ0v) is 15.5. The van der Waals surface area contributed by atoms with Crippen LogP contribution in [-0.4, -0.2) is 36.3 Å². The molecule has 4 nitrogen and oxygen atoms in total. The number of carbonyl (C=O) groups is 2. The fourth-order valence-corrected chi connectivity index (χ4v) is 3.46. The van der Waals surface area contributed by atoms with Gasteiger partial charge in [-0.05, 0) is 43.5 Å². The Labute approximate surface area is 158 Å². The van der Waals surface area contributed by atoms with Gasteiger partial charge >= 0.3 is 0 Å². The van der Waals surface area contributed by atoms with Crippen LogP contribution in [0.25, 0.3) is 0 Å². The van der Waals surface area contributed by atoms with Crippen molar-refractivity contribution in [2.75, 3.05) is 19.7 Å². The summed E-state index contributed by atoms with van der Waals surface area (Å²) >= 11 is 5.93. The van der Waals surface area contributed by atoms with Crippen molar-refractivity contribution in [2.24, 2.45) is 5.92 Å². The number of nitrogens with zero attached hydrogens (tertiary/aromatic N) is 1. The second-order valence-electron chi connectivity index (χ2n) is 6.58. The number of Topliss-reactive ketones (excluding diaryl/α,β-unsaturated/α-hetero) is 1. The Morgan fingerprint density at radius 1 is 1.12 bits per heavy atom. The van der Waals surface area contributed by atoms with Gasteiger partial charge in [0.15, 0.2) is 12.4 Å². The van der Waals surface area contributed by atoms with Crippen molar-refractivity contribution in [1.82, 2.24) is 4.90 Å². The molecule has 26 heavy (non-hydrogen) atoms. The molecule has 1 heterocycles. The predicted octanol–water partition coefficient (Wildman–Crippen LogP) is 4.15. The Kier molecular flexibility index (Phi) is 5.94. The van der Waals surface area contributed by atoms with Crippen LogP contribution in [0.2, 0.25) is 5.02 Å². The topological polar surface area (TPSA) is 46.6 Å². The summed E-state index contributed by atoms with van der Waals surface area (Å²) in [7, 11) is 0. The van der Waals surface area contributed by atoms with Crippen LogP contribution in [0.4, 0.5) is 0 Å². The Balaban J connectivity index is 1.50. The van der Waals surface area contributed by atoms with E-state index in [1.165, 1.54) is 0 Å². The van der Waals surface area contributed by atoms with Crippen LogP contribution < -0.4 is 4.74 Å². The van der Waals surface area contributed by atoms with E-state index in [9.17, 15) is 9.59 Å². The fraction of sp³-hybridized carbons (Fsp3) is 0.333. The molecule has 1 fully saturated rings. The lowest BCUT2D eigenvalue weighted by atomic mass is 9.89. The van der Waals surface area contributed by atoms with Crippen LogP contribution in [0.15, 0.2) is 48.5 Å². The van der Waals surface area contributed by atoms with Crippen LogP contribution >= 0.6 is 11.6 Å². The van der Waals surface area contributed by atoms with E-state index >= 15 is 0 Å². The number of piperidine rings is 1. The third kappa shape index (κ3) is 4.44. The van der Waals surface area contributed by atoms with Gasteiger partial charge in [-0.3, -0.25) is 9.59 Å². The Hall–Kier alpha value is -2.33. The Bertz CT molecular complexity index is 783. The molecule has 0 N–H and O–H groups in total. The molecule has 5 heteroatoms. The van der Waals surface area contributed by atoms with Crippen LogP contribution in [0, 0.1) is 12.8 Å². The number of benzene rings is 2. The maximum atomic E-state index is 12.5. The lowest BCUT2D eigenvalue weighted by molar-refractivity contribution is -0.134. The minimum absolute atomic E-state index is 0.000227. The number of likely N-dealkylation sites (tertiary alicyclic amines) is 1. The molecule has 3 rings (SSSR count). The molecule has 1 aliphatic heterocycles. The Morgan fingerprint density at radius 3 is 2.46 bits per heavy atom. The highest BCUT2D eigenvalue weighted by Crippen LogP contribution is 2.23. The number of carbonyl (C=O) groups excluding carboxylic acids is 2. The summed E-state index contributed by atoms with van der Waals surface area (Å²) in [6.07, 6.45) is 1.39. The fourth-order valence-electron chi connectivity index (χ4n) is 3.23. The molecule has 136 valence electrons. The Morgan fingerprint density at radius 2 is 1.81 bits per heavy atom. The highest BCUT2D eigenvalue weighted by molar-refractivity contribution is 6.30. The first-order valence-electron chi connectivity index (χ1n) is 8.80. The molecule has 1 saturated heterocycles. The van der Waals surface area contributed by atoms with Crippen LogP contribution in [-0.2, 0) is 4.79 Å². The number of hydrogen-bond donors (Lipinski definition) is 0. The first-order valence-corrected chi connectivity index (χ1v) is 9.18. The molecule has 0 saturated carbocycles. The van der Waals surface area contributed by atoms with Crippen molar-refractivity contribution < 1.29 is 14.3 Å². The van der Waals surface area contributed by atoms with Gasteiger partial charge in [-0.2, -0.15) is 0 Å². The summed E-state index contributed by atoms with van der Waals surface area (Å²) in [5.74, 6) is 0.772. The summed E-state index contributed by atoms with van der Waals surface area (Å²) in [5.41, 5.74) is 1.65. The molecule has 1 aliphatic rings. The molecule has 2 aromatic carbocycles. The molecule has 0 aliphatic carbocycles. The van der Waals surface area contributed by atoms with Crippen molar-refractivity contribution in [3.05, 3.63) is 64.7 Å². The van der Waals surface area contributed by atoms with E-state index in [1.807, 2.05) is 43.3 Å². The summed E-state index contributed by atoms with van der Waals surface area (Å²) in [6, 6.07) is 14.7. The number of amides is 1. The highest BCUT2D eigenvalue weighted by Gasteiger charge is 2.28. The molecule has 0 unspecified atom stereocenters. The minimum atomic E-state index is -0.0510. The molecule has 1 amide bonds. The number of hydrogen-bond acceptors (Lipinski definition) is 3. The molecule has 0 spiro atoms. The van der Waals surface area contributed by atoms with Gasteiger partial charge in [-0.15, -0.1) is 0 Å². The van der Waals surface area contributed by atoms with Crippen molar-refractivity contribution in [3.63, 3.8) is 0 Å². The second kappa shape index (κ2) is 8.37. The highest BCUT2D eigenvalue weighted by atomic mass is 35.5. The van der Waals surface area contributed by atoms with Crippen molar-refractivity contribution in [3.8, 4) is 5.75 Å². The predicted molar refractivity (Wildman–Crippen MR) is 102 cm³/mol. The zero-order chi connectivity index (χ0) is 18.5. The maximum absolute atomic E-state index is 12.5. The number of ketones is 1. The summed E-state index contributed by atoms with van der Waals surface area (Å²) < 4.78 is 5.63. The smallest absolute Gasteiger partial charge is 0.260 e. The third-order valence-corrected chi connectivity index (χ3v) is 5.00. The van der Waals surface area contributed by atoms with E-state index in [2.05, 4.69) is 0 Å². The van der Waals surface area contributed by atoms with Gasteiger partial charge in [0.05, 0.1) is 0 Å². The molecular weight excluding hydrogens is 350 g/mol. The van der Waals surface area contributed by atoms with E-state index < -0.39 is 0 Å².